The number of nitrogens with one attached hydrogen (secondary N) is 1. The van der Waals surface area contributed by atoms with Gasteiger partial charge in [0, 0.05) is 18.4 Å². The molecule has 0 saturated heterocycles. The quantitative estimate of drug-likeness (QED) is 0.828. The third-order valence-corrected chi connectivity index (χ3v) is 3.33. The van der Waals surface area contributed by atoms with Crippen molar-refractivity contribution in [3.8, 4) is 0 Å². The lowest BCUT2D eigenvalue weighted by molar-refractivity contribution is 0.273. The molecule has 1 aliphatic carbocycles. The number of hydrogen-bond acceptors (Lipinski definition) is 2. The molecule has 0 spiro atoms. The van der Waals surface area contributed by atoms with Gasteiger partial charge in [0.25, 0.3) is 0 Å². The minimum Gasteiger partial charge on any atom is -0.396 e. The van der Waals surface area contributed by atoms with Crippen molar-refractivity contribution in [1.29, 1.82) is 0 Å². The molecule has 3 nitrogen and oxygen atoms in total. The van der Waals surface area contributed by atoms with E-state index in [2.05, 4.69) is 22.1 Å². The Morgan fingerprint density at radius 3 is 3.00 bits per heavy atom. The number of imidazole rings is 1. The van der Waals surface area contributed by atoms with Gasteiger partial charge in [0.2, 0.25) is 0 Å². The monoisotopic (exact) mass is 216 g/mol. The van der Waals surface area contributed by atoms with Crippen LogP contribution in [0.3, 0.4) is 0 Å². The summed E-state index contributed by atoms with van der Waals surface area (Å²) in [5.74, 6) is 1.98. The van der Waals surface area contributed by atoms with Gasteiger partial charge in [-0.3, -0.25) is 0 Å². The molecule has 0 bridgehead atoms. The molecule has 3 rings (SSSR count). The lowest BCUT2D eigenvalue weighted by atomic mass is 10.0. The number of hydrogen-bond donors (Lipinski definition) is 2. The van der Waals surface area contributed by atoms with Crippen LogP contribution >= 0.6 is 0 Å². The number of aromatic nitrogens is 2. The highest BCUT2D eigenvalue weighted by Gasteiger charge is 2.26. The van der Waals surface area contributed by atoms with E-state index in [1.165, 1.54) is 18.4 Å². The predicted octanol–water partition coefficient (Wildman–Crippen LogP) is 2.54. The first-order valence-corrected chi connectivity index (χ1v) is 5.88. The molecule has 84 valence electrons. The molecule has 16 heavy (non-hydrogen) atoms. The lowest BCUT2D eigenvalue weighted by Crippen LogP contribution is -1.98. The van der Waals surface area contributed by atoms with Gasteiger partial charge in [-0.15, -0.1) is 0 Å². The molecule has 2 N–H and O–H groups in total. The summed E-state index contributed by atoms with van der Waals surface area (Å²) in [5.41, 5.74) is 3.30. The zero-order valence-corrected chi connectivity index (χ0v) is 9.40. The third kappa shape index (κ3) is 1.61. The standard InChI is InChI=1S/C13H16N2O/c1-8(7-16)10-4-5-11-12(6-10)15-13(14-11)9-2-3-9/h4-6,8-9,16H,2-3,7H2,1H3,(H,14,15). The van der Waals surface area contributed by atoms with Gasteiger partial charge in [-0.2, -0.15) is 0 Å². The Kier molecular flexibility index (Phi) is 2.21. The van der Waals surface area contributed by atoms with Crippen molar-refractivity contribution in [2.24, 2.45) is 0 Å². The van der Waals surface area contributed by atoms with Gasteiger partial charge in [-0.05, 0) is 30.5 Å². The number of aliphatic hydroxyl groups excluding tert-OH is 1. The molecular weight excluding hydrogens is 200 g/mol. The van der Waals surface area contributed by atoms with Crippen LogP contribution in [0.5, 0.6) is 0 Å². The van der Waals surface area contributed by atoms with Crippen molar-refractivity contribution in [3.05, 3.63) is 29.6 Å². The Labute approximate surface area is 94.5 Å². The van der Waals surface area contributed by atoms with E-state index in [-0.39, 0.29) is 12.5 Å². The first kappa shape index (κ1) is 9.85. The number of benzene rings is 1. The minimum atomic E-state index is 0.190. The van der Waals surface area contributed by atoms with Gasteiger partial charge in [0.15, 0.2) is 0 Å². The molecule has 1 atom stereocenters. The van der Waals surface area contributed by atoms with Crippen LogP contribution in [0.4, 0.5) is 0 Å². The van der Waals surface area contributed by atoms with E-state index >= 15 is 0 Å². The second-order valence-corrected chi connectivity index (χ2v) is 4.76. The van der Waals surface area contributed by atoms with Crippen LogP contribution in [0.1, 0.15) is 43.0 Å². The fourth-order valence-corrected chi connectivity index (χ4v) is 2.01. The van der Waals surface area contributed by atoms with Crippen LogP contribution in [0.2, 0.25) is 0 Å². The van der Waals surface area contributed by atoms with Crippen LogP contribution in [0.15, 0.2) is 18.2 Å². The Bertz CT molecular complexity index is 514. The topological polar surface area (TPSA) is 48.9 Å². The van der Waals surface area contributed by atoms with E-state index in [1.807, 2.05) is 13.0 Å². The van der Waals surface area contributed by atoms with E-state index in [0.29, 0.717) is 5.92 Å². The molecule has 1 saturated carbocycles. The molecule has 0 amide bonds. The Balaban J connectivity index is 2.02. The van der Waals surface area contributed by atoms with Gasteiger partial charge in [-0.1, -0.05) is 13.0 Å². The molecule has 0 aliphatic heterocycles. The molecule has 1 fully saturated rings. The molecule has 1 aliphatic rings. The highest BCUT2D eigenvalue weighted by molar-refractivity contribution is 5.76. The number of rotatable bonds is 3. The van der Waals surface area contributed by atoms with Crippen LogP contribution in [0.25, 0.3) is 11.0 Å². The Hall–Kier alpha value is -1.35. The summed E-state index contributed by atoms with van der Waals surface area (Å²) in [4.78, 5) is 7.97. The molecule has 2 aromatic rings. The van der Waals surface area contributed by atoms with E-state index in [4.69, 9.17) is 5.11 Å². The summed E-state index contributed by atoms with van der Waals surface area (Å²) in [6.07, 6.45) is 2.53. The summed E-state index contributed by atoms with van der Waals surface area (Å²) in [7, 11) is 0. The van der Waals surface area contributed by atoms with E-state index in [0.717, 1.165) is 16.9 Å². The zero-order valence-electron chi connectivity index (χ0n) is 9.40. The molecule has 1 aromatic carbocycles. The first-order valence-electron chi connectivity index (χ1n) is 5.88. The zero-order chi connectivity index (χ0) is 11.1. The van der Waals surface area contributed by atoms with Crippen molar-refractivity contribution in [3.63, 3.8) is 0 Å². The predicted molar refractivity (Wildman–Crippen MR) is 63.6 cm³/mol. The summed E-state index contributed by atoms with van der Waals surface area (Å²) in [6, 6.07) is 6.20. The Morgan fingerprint density at radius 1 is 1.50 bits per heavy atom. The fraction of sp³-hybridized carbons (Fsp3) is 0.462. The average Bonchev–Trinajstić information content (AvgIpc) is 3.07. The third-order valence-electron chi connectivity index (χ3n) is 3.33. The van der Waals surface area contributed by atoms with Crippen molar-refractivity contribution in [1.82, 2.24) is 9.97 Å². The van der Waals surface area contributed by atoms with E-state index in [1.54, 1.807) is 0 Å². The lowest BCUT2D eigenvalue weighted by Gasteiger charge is -2.07. The van der Waals surface area contributed by atoms with Gasteiger partial charge >= 0.3 is 0 Å². The number of nitrogens with zero attached hydrogens (tertiary/aromatic N) is 1. The normalized spacial score (nSPS) is 17.9. The smallest absolute Gasteiger partial charge is 0.110 e. The van der Waals surface area contributed by atoms with Gasteiger partial charge in [0.05, 0.1) is 11.0 Å². The van der Waals surface area contributed by atoms with Gasteiger partial charge in [0.1, 0.15) is 5.82 Å². The molecular formula is C13H16N2O. The van der Waals surface area contributed by atoms with Gasteiger partial charge < -0.3 is 10.1 Å². The Morgan fingerprint density at radius 2 is 2.31 bits per heavy atom. The second-order valence-electron chi connectivity index (χ2n) is 4.76. The van der Waals surface area contributed by atoms with Crippen molar-refractivity contribution in [2.45, 2.75) is 31.6 Å². The fourth-order valence-electron chi connectivity index (χ4n) is 2.01. The van der Waals surface area contributed by atoms with Crippen molar-refractivity contribution < 1.29 is 5.11 Å². The maximum atomic E-state index is 9.14. The SMILES string of the molecule is CC(CO)c1ccc2nc(C3CC3)[nH]c2c1. The minimum absolute atomic E-state index is 0.190. The number of fused-ring (bicyclic) bond motifs is 1. The average molecular weight is 216 g/mol. The highest BCUT2D eigenvalue weighted by atomic mass is 16.3. The number of aromatic amines is 1. The summed E-state index contributed by atoms with van der Waals surface area (Å²) in [6.45, 7) is 2.22. The number of H-pyrrole nitrogens is 1. The van der Waals surface area contributed by atoms with Crippen LogP contribution in [-0.2, 0) is 0 Å². The molecule has 1 unspecified atom stereocenters. The maximum Gasteiger partial charge on any atom is 0.110 e. The second kappa shape index (κ2) is 3.59. The number of aliphatic hydroxyl groups is 1. The van der Waals surface area contributed by atoms with E-state index in [9.17, 15) is 0 Å². The van der Waals surface area contributed by atoms with Crippen molar-refractivity contribution in [2.75, 3.05) is 6.61 Å². The molecule has 3 heteroatoms. The van der Waals surface area contributed by atoms with Crippen LogP contribution < -0.4 is 0 Å². The summed E-state index contributed by atoms with van der Waals surface area (Å²) >= 11 is 0. The van der Waals surface area contributed by atoms with Crippen LogP contribution in [-0.4, -0.2) is 21.7 Å². The first-order chi connectivity index (χ1) is 7.78. The largest absolute Gasteiger partial charge is 0.396 e. The maximum absolute atomic E-state index is 9.14. The summed E-state index contributed by atoms with van der Waals surface area (Å²) < 4.78 is 0. The molecule has 0 radical (unpaired) electrons. The van der Waals surface area contributed by atoms with Gasteiger partial charge in [-0.25, -0.2) is 4.98 Å². The van der Waals surface area contributed by atoms with E-state index < -0.39 is 0 Å². The summed E-state index contributed by atoms with van der Waals surface area (Å²) in [5, 5.41) is 9.14. The highest BCUT2D eigenvalue weighted by Crippen LogP contribution is 2.39. The molecule has 1 heterocycles. The van der Waals surface area contributed by atoms with Crippen molar-refractivity contribution >= 4 is 11.0 Å². The van der Waals surface area contributed by atoms with Crippen LogP contribution in [0, 0.1) is 0 Å². The molecule has 1 aromatic heterocycles.